The first-order chi connectivity index (χ1) is 17.0. The molecule has 178 valence electrons. The van der Waals surface area contributed by atoms with Gasteiger partial charge in [0.2, 0.25) is 11.5 Å². The van der Waals surface area contributed by atoms with E-state index in [1.807, 2.05) is 36.1 Å². The van der Waals surface area contributed by atoms with Gasteiger partial charge in [0.05, 0.1) is 0 Å². The highest BCUT2D eigenvalue weighted by Crippen LogP contribution is 2.34. The van der Waals surface area contributed by atoms with E-state index in [4.69, 9.17) is 4.74 Å². The normalized spacial score (nSPS) is 18.1. The van der Waals surface area contributed by atoms with Gasteiger partial charge in [-0.05, 0) is 42.8 Å². The number of urea groups is 1. The summed E-state index contributed by atoms with van der Waals surface area (Å²) in [5.41, 5.74) is -0.127. The van der Waals surface area contributed by atoms with Crippen LogP contribution < -0.4 is 20.3 Å². The lowest BCUT2D eigenvalue weighted by atomic mass is 9.84. The summed E-state index contributed by atoms with van der Waals surface area (Å²) >= 11 is 0. The molecule has 2 N–H and O–H groups in total. The van der Waals surface area contributed by atoms with Crippen molar-refractivity contribution in [1.29, 1.82) is 0 Å². The number of aromatic nitrogens is 2. The molecule has 2 aliphatic rings. The van der Waals surface area contributed by atoms with Crippen molar-refractivity contribution >= 4 is 23.8 Å². The van der Waals surface area contributed by atoms with Crippen molar-refractivity contribution in [3.63, 3.8) is 0 Å². The van der Waals surface area contributed by atoms with Gasteiger partial charge in [-0.15, -0.1) is 0 Å². The lowest BCUT2D eigenvalue weighted by Crippen LogP contribution is -2.73. The number of hydrogen-bond donors (Lipinski definition) is 2. The Balaban J connectivity index is 1.43. The molecule has 2 aromatic carbocycles. The molecule has 2 fully saturated rings. The number of ether oxygens (including phenoxy) is 1. The fraction of sp³-hybridized carbons (Fsp3) is 0.240. The fourth-order valence-electron chi connectivity index (χ4n) is 4.46. The molecule has 0 aliphatic carbocycles. The summed E-state index contributed by atoms with van der Waals surface area (Å²) in [6.07, 6.45) is 3.34. The van der Waals surface area contributed by atoms with Gasteiger partial charge in [-0.2, -0.15) is 0 Å². The van der Waals surface area contributed by atoms with Gasteiger partial charge < -0.3 is 9.64 Å². The summed E-state index contributed by atoms with van der Waals surface area (Å²) in [6.45, 7) is 3.78. The smallest absolute Gasteiger partial charge is 0.328 e. The van der Waals surface area contributed by atoms with Gasteiger partial charge in [0.25, 0.3) is 11.8 Å². The fourth-order valence-corrected chi connectivity index (χ4v) is 4.46. The predicted octanol–water partition coefficient (Wildman–Crippen LogP) is 1.96. The molecule has 10 heteroatoms. The number of nitrogens with zero attached hydrogens (tertiary/aromatic N) is 4. The van der Waals surface area contributed by atoms with E-state index in [1.54, 1.807) is 47.6 Å². The Labute approximate surface area is 201 Å². The maximum Gasteiger partial charge on any atom is 0.328 e. The molecule has 0 bridgehead atoms. The number of hydrogen-bond acceptors (Lipinski definition) is 8. The summed E-state index contributed by atoms with van der Waals surface area (Å²) in [5, 5.41) is 4.56. The van der Waals surface area contributed by atoms with Crippen LogP contribution in [0.2, 0.25) is 0 Å². The minimum Gasteiger partial charge on any atom is -0.457 e. The van der Waals surface area contributed by atoms with Crippen LogP contribution in [0.15, 0.2) is 67.0 Å². The summed E-state index contributed by atoms with van der Waals surface area (Å²) in [5.74, 6) is 0.472. The summed E-state index contributed by atoms with van der Waals surface area (Å²) in [4.78, 5) is 50.8. The van der Waals surface area contributed by atoms with E-state index >= 15 is 0 Å². The van der Waals surface area contributed by atoms with Crippen LogP contribution in [0.1, 0.15) is 11.1 Å². The molecule has 0 atom stereocenters. The van der Waals surface area contributed by atoms with Crippen LogP contribution >= 0.6 is 0 Å². The number of imide groups is 2. The van der Waals surface area contributed by atoms with Crippen molar-refractivity contribution in [1.82, 2.24) is 25.5 Å². The molecule has 3 aromatic rings. The first kappa shape index (κ1) is 22.5. The third kappa shape index (κ3) is 4.19. The molecule has 5 rings (SSSR count). The van der Waals surface area contributed by atoms with Crippen molar-refractivity contribution in [2.24, 2.45) is 0 Å². The summed E-state index contributed by atoms with van der Waals surface area (Å²) < 4.78 is 5.90. The largest absolute Gasteiger partial charge is 0.457 e. The predicted molar refractivity (Wildman–Crippen MR) is 127 cm³/mol. The Kier molecular flexibility index (Phi) is 5.87. The molecule has 1 aromatic heterocycles. The van der Waals surface area contributed by atoms with Gasteiger partial charge in [0.1, 0.15) is 11.5 Å². The summed E-state index contributed by atoms with van der Waals surface area (Å²) in [7, 11) is 0. The van der Waals surface area contributed by atoms with E-state index < -0.39 is 23.4 Å². The number of barbiturate groups is 1. The molecule has 0 saturated carbocycles. The highest BCUT2D eigenvalue weighted by Gasteiger charge is 2.56. The number of aryl methyl sites for hydroxylation is 1. The van der Waals surface area contributed by atoms with E-state index in [9.17, 15) is 14.4 Å². The monoisotopic (exact) mass is 472 g/mol. The topological polar surface area (TPSA) is 117 Å². The van der Waals surface area contributed by atoms with Crippen molar-refractivity contribution in [2.45, 2.75) is 12.5 Å². The molecule has 10 nitrogen and oxygen atoms in total. The number of piperazine rings is 1. The standard InChI is InChI=1S/C25H24N6O4/c1-17-3-7-19(8-4-17)35-20-9-5-18(6-10-20)25(21(32)28-24(34)29-22(25)33)31-15-13-30(14-16-31)23-26-11-2-12-27-23/h2-12H,13-16H2,1H3,(H2,28,29,32,33,34). The zero-order chi connectivity index (χ0) is 24.4. The average molecular weight is 473 g/mol. The number of carbonyl (C=O) groups is 3. The van der Waals surface area contributed by atoms with Gasteiger partial charge in [0, 0.05) is 38.6 Å². The van der Waals surface area contributed by atoms with E-state index in [0.717, 1.165) is 5.56 Å². The average Bonchev–Trinajstić information content (AvgIpc) is 2.87. The Morgan fingerprint density at radius 3 is 1.91 bits per heavy atom. The van der Waals surface area contributed by atoms with E-state index in [0.29, 0.717) is 49.2 Å². The van der Waals surface area contributed by atoms with Crippen LogP contribution in [0, 0.1) is 6.92 Å². The first-order valence-corrected chi connectivity index (χ1v) is 11.3. The zero-order valence-electron chi connectivity index (χ0n) is 19.1. The Hall–Kier alpha value is -4.31. The van der Waals surface area contributed by atoms with Gasteiger partial charge in [-0.3, -0.25) is 25.1 Å². The second-order valence-electron chi connectivity index (χ2n) is 8.41. The van der Waals surface area contributed by atoms with Crippen LogP contribution in [0.4, 0.5) is 10.7 Å². The molecule has 4 amide bonds. The number of nitrogens with one attached hydrogen (secondary N) is 2. The van der Waals surface area contributed by atoms with Crippen molar-refractivity contribution in [3.05, 3.63) is 78.1 Å². The van der Waals surface area contributed by atoms with E-state index in [-0.39, 0.29) is 0 Å². The number of anilines is 1. The van der Waals surface area contributed by atoms with Crippen molar-refractivity contribution < 1.29 is 19.1 Å². The Bertz CT molecular complexity index is 1220. The molecular weight excluding hydrogens is 448 g/mol. The minimum atomic E-state index is -1.69. The molecule has 0 spiro atoms. The van der Waals surface area contributed by atoms with Crippen LogP contribution in [0.5, 0.6) is 11.5 Å². The third-order valence-corrected chi connectivity index (χ3v) is 6.23. The summed E-state index contributed by atoms with van der Waals surface area (Å²) in [6, 6.07) is 15.3. The highest BCUT2D eigenvalue weighted by molar-refractivity contribution is 6.22. The van der Waals surface area contributed by atoms with Gasteiger partial charge in [0.15, 0.2) is 0 Å². The van der Waals surface area contributed by atoms with Crippen LogP contribution in [0.25, 0.3) is 0 Å². The quantitative estimate of drug-likeness (QED) is 0.542. The lowest BCUT2D eigenvalue weighted by Gasteiger charge is -2.46. The molecule has 3 heterocycles. The molecule has 0 radical (unpaired) electrons. The SMILES string of the molecule is Cc1ccc(Oc2ccc(C3(N4CCN(c5ncccn5)CC4)C(=O)NC(=O)NC3=O)cc2)cc1. The first-order valence-electron chi connectivity index (χ1n) is 11.3. The van der Waals surface area contributed by atoms with E-state index in [2.05, 4.69) is 20.6 Å². The van der Waals surface area contributed by atoms with Crippen LogP contribution in [-0.2, 0) is 15.1 Å². The Morgan fingerprint density at radius 2 is 1.34 bits per heavy atom. The van der Waals surface area contributed by atoms with E-state index in [1.165, 1.54) is 0 Å². The third-order valence-electron chi connectivity index (χ3n) is 6.23. The maximum atomic E-state index is 13.3. The molecular formula is C25H24N6O4. The number of rotatable bonds is 5. The van der Waals surface area contributed by atoms with Gasteiger partial charge in [-0.25, -0.2) is 14.8 Å². The lowest BCUT2D eigenvalue weighted by molar-refractivity contribution is -0.149. The zero-order valence-corrected chi connectivity index (χ0v) is 19.1. The molecule has 2 aliphatic heterocycles. The second kappa shape index (κ2) is 9.15. The molecule has 2 saturated heterocycles. The van der Waals surface area contributed by atoms with Gasteiger partial charge in [-0.1, -0.05) is 29.8 Å². The van der Waals surface area contributed by atoms with Crippen molar-refractivity contribution in [2.75, 3.05) is 31.1 Å². The maximum absolute atomic E-state index is 13.3. The van der Waals surface area contributed by atoms with Crippen molar-refractivity contribution in [3.8, 4) is 11.5 Å². The van der Waals surface area contributed by atoms with Crippen LogP contribution in [0.3, 0.4) is 0 Å². The molecule has 0 unspecified atom stereocenters. The Morgan fingerprint density at radius 1 is 0.800 bits per heavy atom. The number of benzene rings is 2. The highest BCUT2D eigenvalue weighted by atomic mass is 16.5. The molecule has 35 heavy (non-hydrogen) atoms. The van der Waals surface area contributed by atoms with Crippen LogP contribution in [-0.4, -0.2) is 58.9 Å². The second-order valence-corrected chi connectivity index (χ2v) is 8.41. The van der Waals surface area contributed by atoms with Gasteiger partial charge >= 0.3 is 6.03 Å². The number of carbonyl (C=O) groups excluding carboxylic acids is 3. The number of amides is 4. The minimum absolute atomic E-state index is 0.384.